The smallest absolute Gasteiger partial charge is 0.351 e. The van der Waals surface area contributed by atoms with Gasteiger partial charge in [-0.3, -0.25) is 0 Å². The predicted molar refractivity (Wildman–Crippen MR) is 75.6 cm³/mol. The Labute approximate surface area is 121 Å². The number of carbonyl (C=O) groups is 1. The van der Waals surface area contributed by atoms with E-state index in [0.29, 0.717) is 24.5 Å². The van der Waals surface area contributed by atoms with Crippen molar-refractivity contribution in [2.24, 2.45) is 0 Å². The fourth-order valence-electron chi connectivity index (χ4n) is 2.33. The lowest BCUT2D eigenvalue weighted by atomic mass is 10.0. The fraction of sp³-hybridized carbons (Fsp3) is 0.250. The third-order valence-corrected chi connectivity index (χ3v) is 3.28. The first-order valence-corrected chi connectivity index (χ1v) is 6.77. The Morgan fingerprint density at radius 2 is 2.14 bits per heavy atom. The molecule has 0 bridgehead atoms. The summed E-state index contributed by atoms with van der Waals surface area (Å²) in [5.41, 5.74) is 0.721. The van der Waals surface area contributed by atoms with Crippen LogP contribution in [0.4, 0.5) is 0 Å². The summed E-state index contributed by atoms with van der Waals surface area (Å²) in [6.45, 7) is 2.36. The summed E-state index contributed by atoms with van der Waals surface area (Å²) in [5.74, 6) is 0.469. The van der Waals surface area contributed by atoms with Gasteiger partial charge in [-0.15, -0.1) is 0 Å². The summed E-state index contributed by atoms with van der Waals surface area (Å²) < 4.78 is 15.9. The van der Waals surface area contributed by atoms with Crippen LogP contribution in [0.25, 0.3) is 11.3 Å². The van der Waals surface area contributed by atoms with E-state index in [1.54, 1.807) is 13.0 Å². The van der Waals surface area contributed by atoms with Gasteiger partial charge in [-0.1, -0.05) is 12.1 Å². The normalized spacial score (nSPS) is 12.6. The number of hydrogen-bond donors (Lipinski definition) is 0. The molecule has 0 unspecified atom stereocenters. The molecule has 1 aromatic carbocycles. The molecule has 0 saturated heterocycles. The van der Waals surface area contributed by atoms with E-state index < -0.39 is 11.6 Å². The van der Waals surface area contributed by atoms with Crippen molar-refractivity contribution in [1.82, 2.24) is 0 Å². The van der Waals surface area contributed by atoms with Crippen LogP contribution in [0, 0.1) is 0 Å². The topological polar surface area (TPSA) is 65.7 Å². The van der Waals surface area contributed by atoms with E-state index in [1.807, 2.05) is 24.3 Å². The molecule has 5 heteroatoms. The van der Waals surface area contributed by atoms with Gasteiger partial charge < -0.3 is 13.9 Å². The van der Waals surface area contributed by atoms with Crippen LogP contribution in [-0.4, -0.2) is 19.2 Å². The third kappa shape index (κ3) is 2.42. The highest BCUT2D eigenvalue weighted by atomic mass is 16.5. The molecular formula is C16H14O5. The molecule has 0 fully saturated rings. The Morgan fingerprint density at radius 3 is 2.95 bits per heavy atom. The van der Waals surface area contributed by atoms with E-state index in [2.05, 4.69) is 0 Å². The Balaban J connectivity index is 2.16. The molecule has 0 aliphatic carbocycles. The molecule has 0 saturated carbocycles. The zero-order valence-corrected chi connectivity index (χ0v) is 11.5. The van der Waals surface area contributed by atoms with Crippen LogP contribution in [0.3, 0.4) is 0 Å². The third-order valence-electron chi connectivity index (χ3n) is 3.28. The van der Waals surface area contributed by atoms with Gasteiger partial charge in [0.1, 0.15) is 17.1 Å². The van der Waals surface area contributed by atoms with Gasteiger partial charge in [-0.25, -0.2) is 9.59 Å². The Bertz CT molecular complexity index is 745. The van der Waals surface area contributed by atoms with Gasteiger partial charge in [-0.2, -0.15) is 0 Å². The minimum Gasteiger partial charge on any atom is -0.492 e. The number of hydrogen-bond acceptors (Lipinski definition) is 5. The van der Waals surface area contributed by atoms with Crippen LogP contribution in [0.5, 0.6) is 5.75 Å². The first kappa shape index (κ1) is 13.4. The maximum Gasteiger partial charge on any atom is 0.351 e. The van der Waals surface area contributed by atoms with E-state index in [1.165, 1.54) is 0 Å². The fourth-order valence-corrected chi connectivity index (χ4v) is 2.33. The summed E-state index contributed by atoms with van der Waals surface area (Å²) in [6, 6.07) is 8.90. The second-order valence-corrected chi connectivity index (χ2v) is 4.62. The lowest BCUT2D eigenvalue weighted by molar-refractivity contribution is 0.0521. The summed E-state index contributed by atoms with van der Waals surface area (Å²) in [6.07, 6.45) is 0.556. The lowest BCUT2D eigenvalue weighted by Gasteiger charge is -2.07. The van der Waals surface area contributed by atoms with Crippen LogP contribution < -0.4 is 10.4 Å². The van der Waals surface area contributed by atoms with Crippen molar-refractivity contribution in [3.05, 3.63) is 51.9 Å². The molecule has 108 valence electrons. The second-order valence-electron chi connectivity index (χ2n) is 4.62. The molecule has 21 heavy (non-hydrogen) atoms. The van der Waals surface area contributed by atoms with Crippen molar-refractivity contribution in [3.63, 3.8) is 0 Å². The van der Waals surface area contributed by atoms with Crippen LogP contribution in [0.15, 0.2) is 39.5 Å². The van der Waals surface area contributed by atoms with E-state index in [9.17, 15) is 9.59 Å². The highest BCUT2D eigenvalue weighted by molar-refractivity contribution is 5.89. The number of esters is 1. The second kappa shape index (κ2) is 5.44. The molecule has 3 rings (SSSR count). The van der Waals surface area contributed by atoms with E-state index in [4.69, 9.17) is 13.9 Å². The summed E-state index contributed by atoms with van der Waals surface area (Å²) >= 11 is 0. The van der Waals surface area contributed by atoms with Crippen molar-refractivity contribution in [2.75, 3.05) is 13.2 Å². The van der Waals surface area contributed by atoms with Crippen LogP contribution in [0.2, 0.25) is 0 Å². The molecule has 5 nitrogen and oxygen atoms in total. The van der Waals surface area contributed by atoms with E-state index >= 15 is 0 Å². The maximum atomic E-state index is 12.0. The molecule has 2 aromatic rings. The number of benzene rings is 1. The van der Waals surface area contributed by atoms with Crippen molar-refractivity contribution in [3.8, 4) is 17.1 Å². The SMILES string of the molecule is CCOC(=O)c1cc2c(oc1=O)-c1ccccc1OCC2. The zero-order valence-electron chi connectivity index (χ0n) is 11.5. The van der Waals surface area contributed by atoms with Gasteiger partial charge in [0, 0.05) is 12.0 Å². The monoisotopic (exact) mass is 286 g/mol. The highest BCUT2D eigenvalue weighted by Gasteiger charge is 2.22. The quantitative estimate of drug-likeness (QED) is 0.793. The molecule has 1 aliphatic heterocycles. The van der Waals surface area contributed by atoms with Crippen LogP contribution in [0.1, 0.15) is 22.8 Å². The molecule has 2 heterocycles. The zero-order chi connectivity index (χ0) is 14.8. The largest absolute Gasteiger partial charge is 0.492 e. The van der Waals surface area contributed by atoms with Gasteiger partial charge in [0.15, 0.2) is 0 Å². The van der Waals surface area contributed by atoms with Crippen LogP contribution in [-0.2, 0) is 11.2 Å². The lowest BCUT2D eigenvalue weighted by Crippen LogP contribution is -2.18. The number of rotatable bonds is 2. The van der Waals surface area contributed by atoms with Crippen molar-refractivity contribution < 1.29 is 18.7 Å². The predicted octanol–water partition coefficient (Wildman–Crippen LogP) is 2.42. The number of ether oxygens (including phenoxy) is 2. The first-order valence-electron chi connectivity index (χ1n) is 6.77. The van der Waals surface area contributed by atoms with Gasteiger partial charge in [-0.05, 0) is 25.1 Å². The molecular weight excluding hydrogens is 272 g/mol. The van der Waals surface area contributed by atoms with Gasteiger partial charge >= 0.3 is 11.6 Å². The molecule has 0 spiro atoms. The Kier molecular flexibility index (Phi) is 3.48. The summed E-state index contributed by atoms with van der Waals surface area (Å²) in [7, 11) is 0. The first-order chi connectivity index (χ1) is 10.2. The minimum absolute atomic E-state index is 0.0741. The van der Waals surface area contributed by atoms with Crippen molar-refractivity contribution in [1.29, 1.82) is 0 Å². The van der Waals surface area contributed by atoms with E-state index in [-0.39, 0.29) is 12.2 Å². The number of para-hydroxylation sites is 1. The molecule has 0 amide bonds. The van der Waals surface area contributed by atoms with Gasteiger partial charge in [0.05, 0.1) is 18.8 Å². The maximum absolute atomic E-state index is 12.0. The average molecular weight is 286 g/mol. The average Bonchev–Trinajstić information content (AvgIpc) is 2.66. The molecule has 0 radical (unpaired) electrons. The highest BCUT2D eigenvalue weighted by Crippen LogP contribution is 2.34. The summed E-state index contributed by atoms with van der Waals surface area (Å²) in [5, 5.41) is 0. The van der Waals surface area contributed by atoms with Gasteiger partial charge in [0.2, 0.25) is 0 Å². The van der Waals surface area contributed by atoms with E-state index in [0.717, 1.165) is 11.1 Å². The molecule has 0 atom stereocenters. The van der Waals surface area contributed by atoms with Crippen LogP contribution >= 0.6 is 0 Å². The summed E-state index contributed by atoms with van der Waals surface area (Å²) in [4.78, 5) is 23.8. The Morgan fingerprint density at radius 1 is 1.33 bits per heavy atom. The minimum atomic E-state index is -0.691. The number of carbonyl (C=O) groups excluding carboxylic acids is 1. The molecule has 0 N–H and O–H groups in total. The van der Waals surface area contributed by atoms with Gasteiger partial charge in [0.25, 0.3) is 0 Å². The molecule has 1 aromatic heterocycles. The number of fused-ring (bicyclic) bond motifs is 3. The molecule has 1 aliphatic rings. The van der Waals surface area contributed by atoms with Crippen molar-refractivity contribution in [2.45, 2.75) is 13.3 Å². The Hall–Kier alpha value is -2.56. The standard InChI is InChI=1S/C16H14O5/c1-2-19-15(17)12-9-10-7-8-20-13-6-4-3-5-11(13)14(10)21-16(12)18/h3-6,9H,2,7-8H2,1H3. The van der Waals surface area contributed by atoms with Crippen molar-refractivity contribution >= 4 is 5.97 Å².